The Morgan fingerprint density at radius 3 is 2.54 bits per heavy atom. The van der Waals surface area contributed by atoms with E-state index in [-0.39, 0.29) is 10.6 Å². The first-order valence-electron chi connectivity index (χ1n) is 8.17. The fourth-order valence-corrected chi connectivity index (χ4v) is 3.17. The molecule has 3 aromatic rings. The second kappa shape index (κ2) is 6.33. The molecule has 128 valence electrons. The van der Waals surface area contributed by atoms with Crippen molar-refractivity contribution in [2.75, 3.05) is 17.2 Å². The zero-order chi connectivity index (χ0) is 18.1. The van der Waals surface area contributed by atoms with Crippen molar-refractivity contribution in [3.05, 3.63) is 82.5 Å². The van der Waals surface area contributed by atoms with Gasteiger partial charge in [-0.2, -0.15) is 0 Å². The van der Waals surface area contributed by atoms with Gasteiger partial charge in [-0.25, -0.2) is 0 Å². The molecule has 1 aliphatic heterocycles. The highest BCUT2D eigenvalue weighted by atomic mass is 16.6. The van der Waals surface area contributed by atoms with E-state index in [1.54, 1.807) is 24.4 Å². The third-order valence-corrected chi connectivity index (χ3v) is 4.41. The minimum Gasteiger partial charge on any atom is -0.398 e. The lowest BCUT2D eigenvalue weighted by Crippen LogP contribution is -2.22. The van der Waals surface area contributed by atoms with Gasteiger partial charge < -0.3 is 10.6 Å². The maximum absolute atomic E-state index is 11.3. The van der Waals surface area contributed by atoms with Crippen molar-refractivity contribution >= 4 is 39.7 Å². The van der Waals surface area contributed by atoms with E-state index in [2.05, 4.69) is 4.99 Å². The monoisotopic (exact) mass is 344 g/mol. The van der Waals surface area contributed by atoms with E-state index in [1.165, 1.54) is 6.07 Å². The van der Waals surface area contributed by atoms with Gasteiger partial charge in [-0.05, 0) is 17.5 Å². The lowest BCUT2D eigenvalue weighted by atomic mass is 10.0. The zero-order valence-electron chi connectivity index (χ0n) is 13.9. The van der Waals surface area contributed by atoms with E-state index in [1.807, 2.05) is 47.5 Å². The van der Waals surface area contributed by atoms with Gasteiger partial charge in [0.25, 0.3) is 5.69 Å². The Kier molecular flexibility index (Phi) is 3.85. The van der Waals surface area contributed by atoms with E-state index in [4.69, 9.17) is 5.73 Å². The number of hydrogen-bond acceptors (Lipinski definition) is 5. The fourth-order valence-electron chi connectivity index (χ4n) is 3.17. The highest BCUT2D eigenvalue weighted by Gasteiger charge is 2.20. The molecule has 0 radical (unpaired) electrons. The Morgan fingerprint density at radius 1 is 1.00 bits per heavy atom. The molecule has 0 amide bonds. The summed E-state index contributed by atoms with van der Waals surface area (Å²) in [6.45, 7) is 0.473. The Morgan fingerprint density at radius 2 is 1.73 bits per heavy atom. The van der Waals surface area contributed by atoms with Crippen molar-refractivity contribution in [3.8, 4) is 0 Å². The van der Waals surface area contributed by atoms with Crippen molar-refractivity contribution in [1.29, 1.82) is 0 Å². The number of nitrogens with zero attached hydrogens (tertiary/aromatic N) is 3. The number of nitrogen functional groups attached to an aromatic ring is 1. The fraction of sp³-hybridized carbons (Fsp3) is 0.0500. The Bertz CT molecular complexity index is 1070. The summed E-state index contributed by atoms with van der Waals surface area (Å²) >= 11 is 0. The first kappa shape index (κ1) is 15.8. The van der Waals surface area contributed by atoms with Gasteiger partial charge in [-0.3, -0.25) is 15.1 Å². The number of aliphatic imine (C=N–C) groups is 1. The van der Waals surface area contributed by atoms with Crippen molar-refractivity contribution in [3.63, 3.8) is 0 Å². The van der Waals surface area contributed by atoms with E-state index in [0.29, 0.717) is 17.9 Å². The lowest BCUT2D eigenvalue weighted by molar-refractivity contribution is -0.384. The molecule has 6 heteroatoms. The Balaban J connectivity index is 1.83. The Labute approximate surface area is 150 Å². The van der Waals surface area contributed by atoms with E-state index in [0.717, 1.165) is 22.0 Å². The molecule has 26 heavy (non-hydrogen) atoms. The van der Waals surface area contributed by atoms with Gasteiger partial charge in [-0.1, -0.05) is 42.5 Å². The predicted molar refractivity (Wildman–Crippen MR) is 105 cm³/mol. The van der Waals surface area contributed by atoms with Crippen LogP contribution < -0.4 is 10.6 Å². The van der Waals surface area contributed by atoms with Gasteiger partial charge in [0.2, 0.25) is 0 Å². The molecule has 0 saturated carbocycles. The van der Waals surface area contributed by atoms with Gasteiger partial charge >= 0.3 is 0 Å². The molecule has 0 spiro atoms. The molecule has 0 aromatic heterocycles. The van der Waals surface area contributed by atoms with E-state index in [9.17, 15) is 10.1 Å². The van der Waals surface area contributed by atoms with Crippen LogP contribution >= 0.6 is 0 Å². The molecule has 0 aliphatic carbocycles. The van der Waals surface area contributed by atoms with Crippen LogP contribution in [0.3, 0.4) is 0 Å². The normalized spacial score (nSPS) is 13.7. The Hall–Kier alpha value is -3.67. The van der Waals surface area contributed by atoms with Crippen LogP contribution in [-0.4, -0.2) is 17.7 Å². The number of anilines is 2. The van der Waals surface area contributed by atoms with Gasteiger partial charge in [0, 0.05) is 35.1 Å². The molecule has 3 aromatic carbocycles. The first-order valence-corrected chi connectivity index (χ1v) is 8.17. The van der Waals surface area contributed by atoms with E-state index < -0.39 is 0 Å². The first-order chi connectivity index (χ1) is 12.6. The third-order valence-electron chi connectivity index (χ3n) is 4.41. The second-order valence-corrected chi connectivity index (χ2v) is 5.97. The second-order valence-electron chi connectivity index (χ2n) is 5.97. The number of para-hydroxylation sites is 2. The molecule has 4 rings (SSSR count). The largest absolute Gasteiger partial charge is 0.398 e. The van der Waals surface area contributed by atoms with Crippen molar-refractivity contribution in [2.24, 2.45) is 4.99 Å². The summed E-state index contributed by atoms with van der Waals surface area (Å²) in [5.74, 6) is 0. The van der Waals surface area contributed by atoms with Crippen molar-refractivity contribution in [2.45, 2.75) is 0 Å². The third kappa shape index (κ3) is 2.67. The van der Waals surface area contributed by atoms with Crippen LogP contribution in [0.1, 0.15) is 5.56 Å². The minimum atomic E-state index is -0.368. The van der Waals surface area contributed by atoms with Crippen LogP contribution in [0.15, 0.2) is 71.9 Å². The molecule has 0 fully saturated rings. The minimum absolute atomic E-state index is 0.0700. The van der Waals surface area contributed by atoms with Gasteiger partial charge in [0.1, 0.15) is 5.69 Å². The molecule has 0 bridgehead atoms. The maximum atomic E-state index is 11.3. The van der Waals surface area contributed by atoms with E-state index >= 15 is 0 Å². The average Bonchev–Trinajstić information content (AvgIpc) is 2.68. The van der Waals surface area contributed by atoms with Crippen LogP contribution in [0.5, 0.6) is 0 Å². The van der Waals surface area contributed by atoms with Gasteiger partial charge in [0.15, 0.2) is 0 Å². The quantitative estimate of drug-likeness (QED) is 0.438. The van der Waals surface area contributed by atoms with Crippen LogP contribution in [0.25, 0.3) is 16.5 Å². The summed E-state index contributed by atoms with van der Waals surface area (Å²) in [5, 5.41) is 13.3. The summed E-state index contributed by atoms with van der Waals surface area (Å²) < 4.78 is 0. The zero-order valence-corrected chi connectivity index (χ0v) is 13.9. The highest BCUT2D eigenvalue weighted by molar-refractivity contribution is 6.01. The predicted octanol–water partition coefficient (Wildman–Crippen LogP) is 4.22. The number of fused-ring (bicyclic) bond motifs is 1. The number of benzene rings is 3. The topological polar surface area (TPSA) is 84.8 Å². The highest BCUT2D eigenvalue weighted by Crippen LogP contribution is 2.34. The SMILES string of the molecule is Nc1ccc(C2=CN(c3ccccc3[N+](=O)[O-])CC=N2)c2ccccc12. The van der Waals surface area contributed by atoms with Gasteiger partial charge in [0.05, 0.1) is 17.2 Å². The number of rotatable bonds is 3. The van der Waals surface area contributed by atoms with Crippen LogP contribution in [0.2, 0.25) is 0 Å². The summed E-state index contributed by atoms with van der Waals surface area (Å²) in [4.78, 5) is 17.3. The van der Waals surface area contributed by atoms with Crippen LogP contribution in [0, 0.1) is 10.1 Å². The van der Waals surface area contributed by atoms with Crippen LogP contribution in [-0.2, 0) is 0 Å². The molecule has 2 N–H and O–H groups in total. The maximum Gasteiger partial charge on any atom is 0.292 e. The number of nitro groups is 1. The van der Waals surface area contributed by atoms with Crippen LogP contribution in [0.4, 0.5) is 17.1 Å². The standard InChI is InChI=1S/C20H16N4O2/c21-17-10-9-16(14-5-1-2-6-15(14)17)18-13-23(12-11-22-18)19-7-3-4-8-20(19)24(25)26/h1-11,13H,12,21H2. The summed E-state index contributed by atoms with van der Waals surface area (Å²) in [6, 6.07) is 18.4. The molecule has 6 nitrogen and oxygen atoms in total. The number of nitro benzene ring substituents is 1. The van der Waals surface area contributed by atoms with Gasteiger partial charge in [-0.15, -0.1) is 0 Å². The molecular formula is C20H16N4O2. The lowest BCUT2D eigenvalue weighted by Gasteiger charge is -2.23. The van der Waals surface area contributed by atoms with Crippen molar-refractivity contribution < 1.29 is 4.92 Å². The molecular weight excluding hydrogens is 328 g/mol. The number of hydrogen-bond donors (Lipinski definition) is 1. The number of nitrogens with two attached hydrogens (primary N) is 1. The molecule has 0 saturated heterocycles. The molecule has 1 aliphatic rings. The summed E-state index contributed by atoms with van der Waals surface area (Å²) in [7, 11) is 0. The molecule has 0 atom stereocenters. The molecule has 0 unspecified atom stereocenters. The summed E-state index contributed by atoms with van der Waals surface area (Å²) in [5.41, 5.74) is 9.08. The molecule has 1 heterocycles. The average molecular weight is 344 g/mol. The van der Waals surface area contributed by atoms with Crippen molar-refractivity contribution in [1.82, 2.24) is 0 Å². The smallest absolute Gasteiger partial charge is 0.292 e. The summed E-state index contributed by atoms with van der Waals surface area (Å²) in [6.07, 6.45) is 3.61.